The molecular weight excluding hydrogens is 297 g/mol. The summed E-state index contributed by atoms with van der Waals surface area (Å²) < 4.78 is 24.2. The first-order chi connectivity index (χ1) is 11.0. The lowest BCUT2D eigenvalue weighted by molar-refractivity contribution is -0.0114. The Kier molecular flexibility index (Phi) is 6.77. The lowest BCUT2D eigenvalue weighted by atomic mass is 10.2. The largest absolute Gasteiger partial charge is 0.468 e. The number of furan rings is 1. The average molecular weight is 321 g/mol. The molecule has 0 aliphatic rings. The van der Waals surface area contributed by atoms with Crippen molar-refractivity contribution in [2.45, 2.75) is 39.1 Å². The third kappa shape index (κ3) is 6.52. The van der Waals surface area contributed by atoms with E-state index in [4.69, 9.17) is 9.15 Å². The first-order valence-electron chi connectivity index (χ1n) is 7.82. The zero-order valence-electron chi connectivity index (χ0n) is 13.6. The molecule has 4 nitrogen and oxygen atoms in total. The second kappa shape index (κ2) is 8.82. The van der Waals surface area contributed by atoms with E-state index < -0.39 is 6.10 Å². The number of rotatable bonds is 9. The second-order valence-electron chi connectivity index (χ2n) is 5.91. The molecule has 0 radical (unpaired) electrons. The zero-order valence-corrected chi connectivity index (χ0v) is 13.6. The molecule has 5 heteroatoms. The van der Waals surface area contributed by atoms with Gasteiger partial charge in [0.25, 0.3) is 0 Å². The smallest absolute Gasteiger partial charge is 0.123 e. The van der Waals surface area contributed by atoms with Gasteiger partial charge in [-0.25, -0.2) is 4.39 Å². The summed E-state index contributed by atoms with van der Waals surface area (Å²) in [5.74, 6) is 0.544. The highest BCUT2D eigenvalue weighted by atomic mass is 19.1. The molecule has 2 rings (SSSR count). The molecule has 0 unspecified atom stereocenters. The van der Waals surface area contributed by atoms with E-state index in [1.807, 2.05) is 36.9 Å². The Hall–Kier alpha value is -1.69. The van der Waals surface area contributed by atoms with Crippen LogP contribution in [0.4, 0.5) is 4.39 Å². The fraction of sp³-hybridized carbons (Fsp3) is 0.444. The summed E-state index contributed by atoms with van der Waals surface area (Å²) in [6.07, 6.45) is 1.08. The fourth-order valence-electron chi connectivity index (χ4n) is 2.36. The van der Waals surface area contributed by atoms with Crippen molar-refractivity contribution in [3.05, 3.63) is 59.8 Å². The van der Waals surface area contributed by atoms with Gasteiger partial charge in [-0.3, -0.25) is 4.90 Å². The molecule has 1 heterocycles. The van der Waals surface area contributed by atoms with Gasteiger partial charge in [-0.05, 0) is 43.7 Å². The fourth-order valence-corrected chi connectivity index (χ4v) is 2.36. The van der Waals surface area contributed by atoms with Crippen LogP contribution in [-0.4, -0.2) is 35.4 Å². The van der Waals surface area contributed by atoms with Crippen LogP contribution in [0.25, 0.3) is 0 Å². The summed E-state index contributed by atoms with van der Waals surface area (Å²) in [6, 6.07) is 10.2. The van der Waals surface area contributed by atoms with Crippen molar-refractivity contribution < 1.29 is 18.7 Å². The van der Waals surface area contributed by atoms with Crippen LogP contribution in [0.2, 0.25) is 0 Å². The lowest BCUT2D eigenvalue weighted by Gasteiger charge is -2.24. The first-order valence-corrected chi connectivity index (χ1v) is 7.82. The van der Waals surface area contributed by atoms with Gasteiger partial charge in [0.1, 0.15) is 11.6 Å². The van der Waals surface area contributed by atoms with Crippen LogP contribution >= 0.6 is 0 Å². The summed E-state index contributed by atoms with van der Waals surface area (Å²) in [7, 11) is 0. The molecule has 1 N–H and O–H groups in total. The maximum Gasteiger partial charge on any atom is 0.123 e. The van der Waals surface area contributed by atoms with E-state index in [2.05, 4.69) is 0 Å². The van der Waals surface area contributed by atoms with E-state index in [0.29, 0.717) is 19.6 Å². The van der Waals surface area contributed by atoms with Crippen molar-refractivity contribution in [3.8, 4) is 0 Å². The normalized spacial score (nSPS) is 13.0. The van der Waals surface area contributed by atoms with E-state index >= 15 is 0 Å². The summed E-state index contributed by atoms with van der Waals surface area (Å²) in [6.45, 7) is 5.62. The Morgan fingerprint density at radius 1 is 1.22 bits per heavy atom. The Labute approximate surface area is 136 Å². The molecule has 0 saturated heterocycles. The molecule has 0 spiro atoms. The van der Waals surface area contributed by atoms with E-state index in [0.717, 1.165) is 11.3 Å². The molecule has 0 amide bonds. The second-order valence-corrected chi connectivity index (χ2v) is 5.91. The van der Waals surface area contributed by atoms with Gasteiger partial charge in [-0.1, -0.05) is 12.1 Å². The standard InChI is InChI=1S/C18H24FNO3/c1-14(2)23-13-17(21)11-20(12-18-7-4-8-22-18)10-15-5-3-6-16(19)9-15/h3-9,14,17,21H,10-13H2,1-2H3/t17-/m0/s1. The SMILES string of the molecule is CC(C)OC[C@@H](O)CN(Cc1cccc(F)c1)Cc1ccco1. The quantitative estimate of drug-likeness (QED) is 0.770. The molecule has 1 aromatic heterocycles. The average Bonchev–Trinajstić information content (AvgIpc) is 2.98. The van der Waals surface area contributed by atoms with Crippen molar-refractivity contribution in [1.82, 2.24) is 4.90 Å². The number of hydrogen-bond donors (Lipinski definition) is 1. The maximum atomic E-state index is 13.4. The van der Waals surface area contributed by atoms with Crippen molar-refractivity contribution >= 4 is 0 Å². The predicted octanol–water partition coefficient (Wildman–Crippen LogP) is 3.21. The molecule has 0 fully saturated rings. The minimum atomic E-state index is -0.610. The van der Waals surface area contributed by atoms with Crippen LogP contribution in [0, 0.1) is 5.82 Å². The molecule has 0 aliphatic heterocycles. The molecular formula is C18H24FNO3. The monoisotopic (exact) mass is 321 g/mol. The van der Waals surface area contributed by atoms with Gasteiger partial charge in [0.15, 0.2) is 0 Å². The van der Waals surface area contributed by atoms with Crippen LogP contribution in [-0.2, 0) is 17.8 Å². The number of aliphatic hydroxyl groups excluding tert-OH is 1. The summed E-state index contributed by atoms with van der Waals surface area (Å²) in [5, 5.41) is 10.2. The zero-order chi connectivity index (χ0) is 16.7. The molecule has 126 valence electrons. The highest BCUT2D eigenvalue weighted by Gasteiger charge is 2.15. The van der Waals surface area contributed by atoms with Gasteiger partial charge in [-0.2, -0.15) is 0 Å². The van der Waals surface area contributed by atoms with Gasteiger partial charge in [0, 0.05) is 13.1 Å². The summed E-state index contributed by atoms with van der Waals surface area (Å²) in [5.41, 5.74) is 0.855. The van der Waals surface area contributed by atoms with Crippen LogP contribution in [0.5, 0.6) is 0 Å². The van der Waals surface area contributed by atoms with Gasteiger partial charge in [-0.15, -0.1) is 0 Å². The van der Waals surface area contributed by atoms with Gasteiger partial charge in [0.2, 0.25) is 0 Å². The van der Waals surface area contributed by atoms with Crippen molar-refractivity contribution in [2.75, 3.05) is 13.2 Å². The van der Waals surface area contributed by atoms with Gasteiger partial charge < -0.3 is 14.3 Å². The van der Waals surface area contributed by atoms with E-state index in [1.165, 1.54) is 12.1 Å². The van der Waals surface area contributed by atoms with Crippen LogP contribution in [0.15, 0.2) is 47.1 Å². The molecule has 2 aromatic rings. The number of benzene rings is 1. The number of hydrogen-bond acceptors (Lipinski definition) is 4. The van der Waals surface area contributed by atoms with Gasteiger partial charge >= 0.3 is 0 Å². The number of aliphatic hydroxyl groups is 1. The van der Waals surface area contributed by atoms with Crippen molar-refractivity contribution in [2.24, 2.45) is 0 Å². The Balaban J connectivity index is 1.99. The maximum absolute atomic E-state index is 13.4. The highest BCUT2D eigenvalue weighted by molar-refractivity contribution is 5.16. The molecule has 0 saturated carbocycles. The minimum absolute atomic E-state index is 0.0754. The summed E-state index contributed by atoms with van der Waals surface area (Å²) in [4.78, 5) is 2.02. The van der Waals surface area contributed by atoms with Crippen LogP contribution < -0.4 is 0 Å². The van der Waals surface area contributed by atoms with E-state index in [1.54, 1.807) is 12.3 Å². The minimum Gasteiger partial charge on any atom is -0.468 e. The molecule has 0 aliphatic carbocycles. The van der Waals surface area contributed by atoms with Gasteiger partial charge in [0.05, 0.1) is 31.6 Å². The highest BCUT2D eigenvalue weighted by Crippen LogP contribution is 2.12. The summed E-state index contributed by atoms with van der Waals surface area (Å²) >= 11 is 0. The first kappa shape index (κ1) is 17.7. The Morgan fingerprint density at radius 2 is 2.04 bits per heavy atom. The Bertz CT molecular complexity index is 571. The Morgan fingerprint density at radius 3 is 2.70 bits per heavy atom. The van der Waals surface area contributed by atoms with Crippen LogP contribution in [0.1, 0.15) is 25.2 Å². The number of nitrogens with zero attached hydrogens (tertiary/aromatic N) is 1. The van der Waals surface area contributed by atoms with E-state index in [9.17, 15) is 9.50 Å². The van der Waals surface area contributed by atoms with Crippen molar-refractivity contribution in [1.29, 1.82) is 0 Å². The van der Waals surface area contributed by atoms with Crippen molar-refractivity contribution in [3.63, 3.8) is 0 Å². The molecule has 1 aromatic carbocycles. The third-order valence-electron chi connectivity index (χ3n) is 3.35. The third-order valence-corrected chi connectivity index (χ3v) is 3.35. The molecule has 1 atom stereocenters. The van der Waals surface area contributed by atoms with E-state index in [-0.39, 0.29) is 18.5 Å². The molecule has 23 heavy (non-hydrogen) atoms. The topological polar surface area (TPSA) is 45.8 Å². The lowest BCUT2D eigenvalue weighted by Crippen LogP contribution is -2.34. The number of halogens is 1. The molecule has 0 bridgehead atoms. The number of ether oxygens (including phenoxy) is 1. The van der Waals surface area contributed by atoms with Crippen LogP contribution in [0.3, 0.4) is 0 Å². The predicted molar refractivity (Wildman–Crippen MR) is 86.3 cm³/mol.